The number of halogens is 2. The highest BCUT2D eigenvalue weighted by Gasteiger charge is 2.50. The highest BCUT2D eigenvalue weighted by molar-refractivity contribution is 5.93. The number of carbonyl (C=O) groups is 3. The van der Waals surface area contributed by atoms with Gasteiger partial charge in [-0.3, -0.25) is 14.4 Å². The Morgan fingerprint density at radius 1 is 1.52 bits per heavy atom. The number of nitrogens with one attached hydrogen (secondary N) is 1. The van der Waals surface area contributed by atoms with E-state index >= 15 is 0 Å². The van der Waals surface area contributed by atoms with Crippen molar-refractivity contribution in [1.82, 2.24) is 10.2 Å². The molecule has 9 heteroatoms. The number of carbonyl (C=O) groups excluding carboxylic acids is 2. The lowest BCUT2D eigenvalue weighted by Gasteiger charge is -2.22. The standard InChI is InChI=1S/C12H13F2N3O4/c13-12(14)3-7(4-15)17(5-12)11(21)8-1-6(2-9(18)19)10(20)16-8/h6-8H,1-3,5H2,(H,16,20)(H,18,19)/t6-,7-,8-/m0/s1. The zero-order valence-corrected chi connectivity index (χ0v) is 10.9. The van der Waals surface area contributed by atoms with Crippen molar-refractivity contribution in [2.45, 2.75) is 37.3 Å². The number of alkyl halides is 2. The first-order valence-corrected chi connectivity index (χ1v) is 6.33. The van der Waals surface area contributed by atoms with Gasteiger partial charge >= 0.3 is 5.97 Å². The monoisotopic (exact) mass is 301 g/mol. The Balaban J connectivity index is 2.06. The van der Waals surface area contributed by atoms with Crippen molar-refractivity contribution in [2.24, 2.45) is 5.92 Å². The Morgan fingerprint density at radius 2 is 2.19 bits per heavy atom. The first kappa shape index (κ1) is 15.2. The van der Waals surface area contributed by atoms with Gasteiger partial charge in [-0.25, -0.2) is 8.78 Å². The summed E-state index contributed by atoms with van der Waals surface area (Å²) >= 11 is 0. The second-order valence-corrected chi connectivity index (χ2v) is 5.26. The number of carboxylic acid groups (broad SMARTS) is 1. The number of hydrogen-bond acceptors (Lipinski definition) is 4. The van der Waals surface area contributed by atoms with E-state index in [-0.39, 0.29) is 6.42 Å². The number of rotatable bonds is 3. The minimum Gasteiger partial charge on any atom is -0.481 e. The summed E-state index contributed by atoms with van der Waals surface area (Å²) in [4.78, 5) is 35.1. The van der Waals surface area contributed by atoms with E-state index in [1.54, 1.807) is 6.07 Å². The van der Waals surface area contributed by atoms with Gasteiger partial charge in [0.25, 0.3) is 5.92 Å². The van der Waals surface area contributed by atoms with Crippen LogP contribution < -0.4 is 5.32 Å². The number of carboxylic acids is 1. The largest absolute Gasteiger partial charge is 0.481 e. The summed E-state index contributed by atoms with van der Waals surface area (Å²) in [5, 5.41) is 19.8. The third-order valence-electron chi connectivity index (χ3n) is 3.63. The second-order valence-electron chi connectivity index (χ2n) is 5.26. The van der Waals surface area contributed by atoms with Crippen molar-refractivity contribution in [3.05, 3.63) is 0 Å². The van der Waals surface area contributed by atoms with E-state index in [0.717, 1.165) is 4.90 Å². The minimum absolute atomic E-state index is 0.0653. The van der Waals surface area contributed by atoms with Crippen LogP contribution in [0.4, 0.5) is 8.78 Å². The Bertz CT molecular complexity index is 531. The van der Waals surface area contributed by atoms with Gasteiger partial charge in [0.1, 0.15) is 12.1 Å². The average Bonchev–Trinajstić information content (AvgIpc) is 2.88. The van der Waals surface area contributed by atoms with Gasteiger partial charge in [0.2, 0.25) is 11.8 Å². The van der Waals surface area contributed by atoms with Crippen LogP contribution >= 0.6 is 0 Å². The SMILES string of the molecule is N#C[C@@H]1CC(F)(F)CN1C(=O)[C@@H]1C[C@@H](CC(=O)O)C(=O)N1. The third-order valence-corrected chi connectivity index (χ3v) is 3.63. The number of aliphatic carboxylic acids is 1. The van der Waals surface area contributed by atoms with Crippen LogP contribution in [-0.2, 0) is 14.4 Å². The molecule has 2 heterocycles. The third kappa shape index (κ3) is 3.09. The highest BCUT2D eigenvalue weighted by atomic mass is 19.3. The van der Waals surface area contributed by atoms with Gasteiger partial charge in [-0.05, 0) is 6.42 Å². The van der Waals surface area contributed by atoms with Crippen LogP contribution in [0.1, 0.15) is 19.3 Å². The number of nitriles is 1. The molecule has 0 aliphatic carbocycles. The summed E-state index contributed by atoms with van der Waals surface area (Å²) in [6.45, 7) is -0.861. The van der Waals surface area contributed by atoms with Crippen molar-refractivity contribution in [2.75, 3.05) is 6.54 Å². The molecule has 2 saturated heterocycles. The summed E-state index contributed by atoms with van der Waals surface area (Å²) < 4.78 is 26.6. The van der Waals surface area contributed by atoms with Gasteiger partial charge in [-0.15, -0.1) is 0 Å². The van der Waals surface area contributed by atoms with Crippen LogP contribution in [0.2, 0.25) is 0 Å². The van der Waals surface area contributed by atoms with E-state index in [0.29, 0.717) is 0 Å². The molecule has 0 unspecified atom stereocenters. The summed E-state index contributed by atoms with van der Waals surface area (Å²) in [7, 11) is 0. The molecular weight excluding hydrogens is 288 g/mol. The highest BCUT2D eigenvalue weighted by Crippen LogP contribution is 2.33. The number of nitrogens with zero attached hydrogens (tertiary/aromatic N) is 2. The van der Waals surface area contributed by atoms with Crippen LogP contribution in [0.5, 0.6) is 0 Å². The van der Waals surface area contributed by atoms with E-state index in [9.17, 15) is 23.2 Å². The molecule has 0 aromatic heterocycles. The fourth-order valence-electron chi connectivity index (χ4n) is 2.65. The van der Waals surface area contributed by atoms with Crippen molar-refractivity contribution >= 4 is 17.8 Å². The maximum absolute atomic E-state index is 13.3. The zero-order chi connectivity index (χ0) is 15.8. The molecule has 2 N–H and O–H groups in total. The molecule has 0 aromatic carbocycles. The Kier molecular flexibility index (Phi) is 3.80. The van der Waals surface area contributed by atoms with Crippen LogP contribution in [0.3, 0.4) is 0 Å². The molecule has 0 aromatic rings. The molecule has 2 rings (SSSR count). The first-order valence-electron chi connectivity index (χ1n) is 6.33. The molecule has 0 saturated carbocycles. The normalized spacial score (nSPS) is 30.8. The molecule has 2 amide bonds. The van der Waals surface area contributed by atoms with Crippen LogP contribution in [0.25, 0.3) is 0 Å². The molecular formula is C12H13F2N3O4. The molecule has 0 radical (unpaired) electrons. The lowest BCUT2D eigenvalue weighted by atomic mass is 10.0. The maximum Gasteiger partial charge on any atom is 0.304 e. The topological polar surface area (TPSA) is 110 Å². The van der Waals surface area contributed by atoms with Crippen LogP contribution in [0.15, 0.2) is 0 Å². The quantitative estimate of drug-likeness (QED) is 0.745. The summed E-state index contributed by atoms with van der Waals surface area (Å²) in [6.07, 6.45) is -1.22. The van der Waals surface area contributed by atoms with E-state index in [1.807, 2.05) is 0 Å². The molecule has 0 spiro atoms. The van der Waals surface area contributed by atoms with E-state index in [1.165, 1.54) is 0 Å². The minimum atomic E-state index is -3.13. The molecule has 2 aliphatic heterocycles. The maximum atomic E-state index is 13.3. The smallest absolute Gasteiger partial charge is 0.304 e. The second kappa shape index (κ2) is 5.27. The Hall–Kier alpha value is -2.24. The lowest BCUT2D eigenvalue weighted by molar-refractivity contribution is -0.140. The summed E-state index contributed by atoms with van der Waals surface area (Å²) in [5.41, 5.74) is 0. The van der Waals surface area contributed by atoms with Gasteiger partial charge in [0.15, 0.2) is 0 Å². The zero-order valence-electron chi connectivity index (χ0n) is 10.9. The molecule has 114 valence electrons. The van der Waals surface area contributed by atoms with Crippen LogP contribution in [0, 0.1) is 17.2 Å². The average molecular weight is 301 g/mol. The van der Waals surface area contributed by atoms with Crippen molar-refractivity contribution in [1.29, 1.82) is 5.26 Å². The Morgan fingerprint density at radius 3 is 2.76 bits per heavy atom. The predicted octanol–water partition coefficient (Wildman–Crippen LogP) is -0.274. The van der Waals surface area contributed by atoms with Gasteiger partial charge in [0.05, 0.1) is 25.0 Å². The number of amides is 2. The molecule has 2 aliphatic rings. The predicted molar refractivity (Wildman–Crippen MR) is 63.0 cm³/mol. The van der Waals surface area contributed by atoms with Gasteiger partial charge in [-0.1, -0.05) is 0 Å². The van der Waals surface area contributed by atoms with E-state index < -0.39 is 61.1 Å². The van der Waals surface area contributed by atoms with E-state index in [2.05, 4.69) is 5.32 Å². The first-order chi connectivity index (χ1) is 9.73. The lowest BCUT2D eigenvalue weighted by Crippen LogP contribution is -2.46. The molecule has 0 bridgehead atoms. The fraction of sp³-hybridized carbons (Fsp3) is 0.667. The van der Waals surface area contributed by atoms with Crippen molar-refractivity contribution in [3.8, 4) is 6.07 Å². The fourth-order valence-corrected chi connectivity index (χ4v) is 2.65. The van der Waals surface area contributed by atoms with Gasteiger partial charge < -0.3 is 15.3 Å². The number of likely N-dealkylation sites (tertiary alicyclic amines) is 1. The van der Waals surface area contributed by atoms with Gasteiger partial charge in [-0.2, -0.15) is 5.26 Å². The molecule has 2 fully saturated rings. The van der Waals surface area contributed by atoms with Crippen molar-refractivity contribution < 1.29 is 28.3 Å². The molecule has 21 heavy (non-hydrogen) atoms. The summed E-state index contributed by atoms with van der Waals surface area (Å²) in [5.74, 6) is -6.51. The number of hydrogen-bond donors (Lipinski definition) is 2. The van der Waals surface area contributed by atoms with Crippen molar-refractivity contribution in [3.63, 3.8) is 0 Å². The van der Waals surface area contributed by atoms with Gasteiger partial charge in [0, 0.05) is 6.42 Å². The summed E-state index contributed by atoms with van der Waals surface area (Å²) in [6, 6.07) is -0.636. The Labute approximate surface area is 118 Å². The van der Waals surface area contributed by atoms with E-state index in [4.69, 9.17) is 10.4 Å². The van der Waals surface area contributed by atoms with Crippen LogP contribution in [-0.4, -0.2) is 52.3 Å². The molecule has 7 nitrogen and oxygen atoms in total. The molecule has 3 atom stereocenters.